The second-order valence-corrected chi connectivity index (χ2v) is 9.49. The Balaban J connectivity index is 1.52. The predicted molar refractivity (Wildman–Crippen MR) is 100 cm³/mol. The Morgan fingerprint density at radius 1 is 1.03 bits per heavy atom. The molecule has 0 amide bonds. The van der Waals surface area contributed by atoms with E-state index in [0.29, 0.717) is 18.8 Å². The molecule has 0 bridgehead atoms. The minimum absolute atomic E-state index is 0.0964. The molecule has 2 fully saturated rings. The Morgan fingerprint density at radius 3 is 2.38 bits per heavy atom. The van der Waals surface area contributed by atoms with Crippen LogP contribution in [0.15, 0.2) is 45.9 Å². The van der Waals surface area contributed by atoms with E-state index in [1.165, 1.54) is 22.5 Å². The predicted octanol–water partition coefficient (Wildman–Crippen LogP) is 4.25. The number of benzene rings is 1. The maximum atomic E-state index is 13.3. The van der Waals surface area contributed by atoms with Gasteiger partial charge in [-0.2, -0.15) is 17.5 Å². The van der Waals surface area contributed by atoms with Crippen molar-refractivity contribution >= 4 is 10.0 Å². The third-order valence-electron chi connectivity index (χ3n) is 5.41. The Morgan fingerprint density at radius 2 is 1.72 bits per heavy atom. The van der Waals surface area contributed by atoms with Gasteiger partial charge in [0.05, 0.1) is 12.1 Å². The quantitative estimate of drug-likeness (QED) is 0.662. The van der Waals surface area contributed by atoms with E-state index in [1.807, 2.05) is 4.90 Å². The van der Waals surface area contributed by atoms with Crippen LogP contribution < -0.4 is 0 Å². The Kier molecular flexibility index (Phi) is 5.48. The molecule has 1 aromatic carbocycles. The van der Waals surface area contributed by atoms with E-state index in [4.69, 9.17) is 4.42 Å². The number of rotatable bonds is 7. The van der Waals surface area contributed by atoms with Gasteiger partial charge in [-0.25, -0.2) is 8.42 Å². The zero-order valence-corrected chi connectivity index (χ0v) is 16.7. The van der Waals surface area contributed by atoms with E-state index in [0.717, 1.165) is 31.7 Å². The third kappa shape index (κ3) is 4.51. The van der Waals surface area contributed by atoms with Crippen molar-refractivity contribution in [2.75, 3.05) is 13.1 Å². The molecule has 29 heavy (non-hydrogen) atoms. The molecule has 2 aliphatic rings. The average Bonchev–Trinajstić information content (AvgIpc) is 3.16. The lowest BCUT2D eigenvalue weighted by Gasteiger charge is -2.23. The summed E-state index contributed by atoms with van der Waals surface area (Å²) in [7, 11) is -3.64. The van der Waals surface area contributed by atoms with Crippen LogP contribution in [0.3, 0.4) is 0 Å². The van der Waals surface area contributed by atoms with Crippen LogP contribution in [-0.2, 0) is 29.3 Å². The van der Waals surface area contributed by atoms with Gasteiger partial charge >= 0.3 is 6.18 Å². The van der Waals surface area contributed by atoms with Gasteiger partial charge < -0.3 is 4.42 Å². The standard InChI is InChI=1S/C20H23F3N2O3S/c21-20(22,23)18-6-2-1-5-15(18)13-24(16-7-8-16)14-17-9-10-19(28-17)29(26,27)25-11-3-4-12-25/h1-2,5-6,9-10,16H,3-4,7-8,11-14H2. The van der Waals surface area contributed by atoms with E-state index in [2.05, 4.69) is 0 Å². The maximum Gasteiger partial charge on any atom is 0.416 e. The fourth-order valence-electron chi connectivity index (χ4n) is 3.75. The largest absolute Gasteiger partial charge is 0.447 e. The fraction of sp³-hybridized carbons (Fsp3) is 0.500. The average molecular weight is 428 g/mol. The van der Waals surface area contributed by atoms with Crippen molar-refractivity contribution in [3.8, 4) is 0 Å². The lowest BCUT2D eigenvalue weighted by Crippen LogP contribution is -2.27. The molecule has 2 aromatic rings. The van der Waals surface area contributed by atoms with E-state index in [-0.39, 0.29) is 29.8 Å². The van der Waals surface area contributed by atoms with Gasteiger partial charge in [-0.05, 0) is 49.4 Å². The summed E-state index contributed by atoms with van der Waals surface area (Å²) in [5.74, 6) is 0.444. The summed E-state index contributed by atoms with van der Waals surface area (Å²) in [6.07, 6.45) is -0.920. The summed E-state index contributed by atoms with van der Waals surface area (Å²) in [5, 5.41) is -0.0964. The molecule has 4 rings (SSSR count). The number of furan rings is 1. The van der Waals surface area contributed by atoms with Crippen molar-refractivity contribution in [2.24, 2.45) is 0 Å². The smallest absolute Gasteiger partial charge is 0.416 e. The molecule has 158 valence electrons. The molecule has 0 atom stereocenters. The van der Waals surface area contributed by atoms with Crippen LogP contribution >= 0.6 is 0 Å². The molecular formula is C20H23F3N2O3S. The van der Waals surface area contributed by atoms with E-state index in [1.54, 1.807) is 12.1 Å². The summed E-state index contributed by atoms with van der Waals surface area (Å²) in [6.45, 7) is 1.38. The Bertz CT molecular complexity index is 961. The summed E-state index contributed by atoms with van der Waals surface area (Å²) in [5.41, 5.74) is -0.425. The van der Waals surface area contributed by atoms with Crippen LogP contribution in [0.4, 0.5) is 13.2 Å². The highest BCUT2D eigenvalue weighted by Crippen LogP contribution is 2.35. The lowest BCUT2D eigenvalue weighted by molar-refractivity contribution is -0.138. The van der Waals surface area contributed by atoms with Gasteiger partial charge in [-0.15, -0.1) is 0 Å². The van der Waals surface area contributed by atoms with Gasteiger partial charge in [0, 0.05) is 25.7 Å². The molecule has 0 radical (unpaired) electrons. The first-order valence-corrected chi connectivity index (χ1v) is 11.2. The molecular weight excluding hydrogens is 405 g/mol. The van der Waals surface area contributed by atoms with Crippen LogP contribution in [0.1, 0.15) is 42.6 Å². The highest BCUT2D eigenvalue weighted by atomic mass is 32.2. The lowest BCUT2D eigenvalue weighted by atomic mass is 10.1. The number of sulfonamides is 1. The summed E-state index contributed by atoms with van der Waals surface area (Å²) in [6, 6.07) is 8.79. The molecule has 1 saturated heterocycles. The minimum atomic E-state index is -4.41. The zero-order chi connectivity index (χ0) is 20.6. The molecule has 1 aliphatic heterocycles. The monoisotopic (exact) mass is 428 g/mol. The molecule has 1 saturated carbocycles. The molecule has 5 nitrogen and oxygen atoms in total. The van der Waals surface area contributed by atoms with Crippen molar-refractivity contribution in [3.05, 3.63) is 53.3 Å². The van der Waals surface area contributed by atoms with Gasteiger partial charge in [0.1, 0.15) is 5.76 Å². The Hall–Kier alpha value is -1.84. The number of nitrogens with zero attached hydrogens (tertiary/aromatic N) is 2. The van der Waals surface area contributed by atoms with E-state index < -0.39 is 21.8 Å². The van der Waals surface area contributed by atoms with Crippen molar-refractivity contribution in [1.29, 1.82) is 0 Å². The molecule has 9 heteroatoms. The van der Waals surface area contributed by atoms with Crippen molar-refractivity contribution in [2.45, 2.75) is 56.1 Å². The van der Waals surface area contributed by atoms with Gasteiger partial charge in [0.2, 0.25) is 5.09 Å². The number of halogens is 3. The second-order valence-electron chi connectivity index (χ2n) is 7.62. The topological polar surface area (TPSA) is 53.8 Å². The highest BCUT2D eigenvalue weighted by molar-refractivity contribution is 7.89. The second kappa shape index (κ2) is 7.77. The molecule has 1 aliphatic carbocycles. The normalized spacial score (nSPS) is 18.6. The number of alkyl halides is 3. The fourth-order valence-corrected chi connectivity index (χ4v) is 5.19. The molecule has 2 heterocycles. The van der Waals surface area contributed by atoms with Crippen molar-refractivity contribution in [1.82, 2.24) is 9.21 Å². The van der Waals surface area contributed by atoms with Crippen LogP contribution in [0.25, 0.3) is 0 Å². The summed E-state index contributed by atoms with van der Waals surface area (Å²) in [4.78, 5) is 1.93. The SMILES string of the molecule is O=S(=O)(c1ccc(CN(Cc2ccccc2C(F)(F)F)C2CC2)o1)N1CCCC1. The first-order valence-electron chi connectivity index (χ1n) is 9.73. The number of hydrogen-bond donors (Lipinski definition) is 0. The van der Waals surface area contributed by atoms with Crippen LogP contribution in [-0.4, -0.2) is 36.8 Å². The minimum Gasteiger partial charge on any atom is -0.447 e. The van der Waals surface area contributed by atoms with Gasteiger partial charge in [0.25, 0.3) is 10.0 Å². The first-order chi connectivity index (χ1) is 13.7. The van der Waals surface area contributed by atoms with E-state index >= 15 is 0 Å². The Labute approximate surface area is 168 Å². The van der Waals surface area contributed by atoms with Gasteiger partial charge in [-0.3, -0.25) is 4.90 Å². The summed E-state index contributed by atoms with van der Waals surface area (Å²) >= 11 is 0. The van der Waals surface area contributed by atoms with Crippen LogP contribution in [0.2, 0.25) is 0 Å². The van der Waals surface area contributed by atoms with Crippen LogP contribution in [0, 0.1) is 0 Å². The summed E-state index contributed by atoms with van der Waals surface area (Å²) < 4.78 is 72.2. The third-order valence-corrected chi connectivity index (χ3v) is 7.19. The van der Waals surface area contributed by atoms with E-state index in [9.17, 15) is 21.6 Å². The van der Waals surface area contributed by atoms with Crippen molar-refractivity contribution < 1.29 is 26.0 Å². The molecule has 0 unspecified atom stereocenters. The van der Waals surface area contributed by atoms with Crippen molar-refractivity contribution in [3.63, 3.8) is 0 Å². The first kappa shape index (κ1) is 20.4. The maximum absolute atomic E-state index is 13.3. The number of hydrogen-bond acceptors (Lipinski definition) is 4. The van der Waals surface area contributed by atoms with Gasteiger partial charge in [0.15, 0.2) is 0 Å². The molecule has 1 aromatic heterocycles. The molecule has 0 spiro atoms. The highest BCUT2D eigenvalue weighted by Gasteiger charge is 2.36. The zero-order valence-electron chi connectivity index (χ0n) is 15.9. The van der Waals surface area contributed by atoms with Gasteiger partial charge in [-0.1, -0.05) is 18.2 Å². The molecule has 0 N–H and O–H groups in total. The van der Waals surface area contributed by atoms with Crippen LogP contribution in [0.5, 0.6) is 0 Å².